The monoisotopic (exact) mass is 454 g/mol. The van der Waals surface area contributed by atoms with Gasteiger partial charge in [0.1, 0.15) is 22.7 Å². The molecule has 1 amide bonds. The Bertz CT molecular complexity index is 1110. The topological polar surface area (TPSA) is 85.4 Å². The van der Waals surface area contributed by atoms with Gasteiger partial charge in [0.15, 0.2) is 0 Å². The van der Waals surface area contributed by atoms with E-state index in [2.05, 4.69) is 40.5 Å². The molecule has 2 aromatic heterocycles. The zero-order chi connectivity index (χ0) is 22.7. The normalized spacial score (nSPS) is 17.8. The molecule has 0 saturated carbocycles. The van der Waals surface area contributed by atoms with Crippen molar-refractivity contribution in [2.24, 2.45) is 0 Å². The molecule has 7 nitrogen and oxygen atoms in total. The van der Waals surface area contributed by atoms with Gasteiger partial charge in [0, 0.05) is 19.2 Å². The van der Waals surface area contributed by atoms with E-state index >= 15 is 0 Å². The summed E-state index contributed by atoms with van der Waals surface area (Å²) in [5, 5.41) is 7.53. The first-order valence-electron chi connectivity index (χ1n) is 10.9. The zero-order valence-electron chi connectivity index (χ0n) is 19.0. The summed E-state index contributed by atoms with van der Waals surface area (Å²) in [6, 6.07) is 8.11. The summed E-state index contributed by atoms with van der Waals surface area (Å²) >= 11 is 1.42. The highest BCUT2D eigenvalue weighted by Crippen LogP contribution is 2.34. The number of fused-ring (bicyclic) bond motifs is 1. The van der Waals surface area contributed by atoms with Crippen molar-refractivity contribution in [2.45, 2.75) is 51.7 Å². The number of aryl methyl sites for hydroxylation is 1. The average Bonchev–Trinajstić information content (AvgIpc) is 3.11. The lowest BCUT2D eigenvalue weighted by molar-refractivity contribution is -0.0615. The van der Waals surface area contributed by atoms with Crippen LogP contribution >= 0.6 is 11.3 Å². The minimum Gasteiger partial charge on any atom is -0.496 e. The summed E-state index contributed by atoms with van der Waals surface area (Å²) in [5.74, 6) is 1.59. The minimum atomic E-state index is -0.213. The lowest BCUT2D eigenvalue weighted by Gasteiger charge is -2.35. The number of amides is 1. The molecule has 2 N–H and O–H groups in total. The van der Waals surface area contributed by atoms with Crippen LogP contribution in [-0.4, -0.2) is 47.8 Å². The predicted octanol–water partition coefficient (Wildman–Crippen LogP) is 4.35. The van der Waals surface area contributed by atoms with Crippen LogP contribution in [-0.2, 0) is 11.2 Å². The maximum absolute atomic E-state index is 13.1. The average molecular weight is 455 g/mol. The Morgan fingerprint density at radius 2 is 2.12 bits per heavy atom. The van der Waals surface area contributed by atoms with Crippen LogP contribution in [0.3, 0.4) is 0 Å². The summed E-state index contributed by atoms with van der Waals surface area (Å²) in [7, 11) is 1.68. The number of rotatable bonds is 7. The van der Waals surface area contributed by atoms with Crippen molar-refractivity contribution in [3.63, 3.8) is 0 Å². The predicted molar refractivity (Wildman–Crippen MR) is 128 cm³/mol. The SMILES string of the molecule is COc1ccccc1CCNc1ncnc2sc(C(=O)NC3CCOC(C)(C)C3)c(C)c12. The number of aromatic nitrogens is 2. The number of methoxy groups -OCH3 is 1. The van der Waals surface area contributed by atoms with Crippen molar-refractivity contribution in [1.82, 2.24) is 15.3 Å². The van der Waals surface area contributed by atoms with Crippen molar-refractivity contribution in [3.05, 3.63) is 46.6 Å². The van der Waals surface area contributed by atoms with Gasteiger partial charge in [-0.05, 0) is 57.2 Å². The van der Waals surface area contributed by atoms with Crippen molar-refractivity contribution >= 4 is 33.3 Å². The number of nitrogens with one attached hydrogen (secondary N) is 2. The fourth-order valence-corrected chi connectivity index (χ4v) is 5.31. The molecule has 0 bridgehead atoms. The zero-order valence-corrected chi connectivity index (χ0v) is 19.8. The molecule has 3 aromatic rings. The summed E-state index contributed by atoms with van der Waals surface area (Å²) < 4.78 is 11.2. The number of ether oxygens (including phenoxy) is 2. The smallest absolute Gasteiger partial charge is 0.261 e. The molecular formula is C24H30N4O3S. The molecule has 1 unspecified atom stereocenters. The first kappa shape index (κ1) is 22.5. The largest absolute Gasteiger partial charge is 0.496 e. The fraction of sp³-hybridized carbons (Fsp3) is 0.458. The first-order chi connectivity index (χ1) is 15.4. The van der Waals surface area contributed by atoms with Gasteiger partial charge in [-0.25, -0.2) is 9.97 Å². The molecule has 1 saturated heterocycles. The molecule has 1 fully saturated rings. The number of hydrogen-bond acceptors (Lipinski definition) is 7. The van der Waals surface area contributed by atoms with Gasteiger partial charge in [-0.3, -0.25) is 4.79 Å². The van der Waals surface area contributed by atoms with Gasteiger partial charge in [0.2, 0.25) is 0 Å². The van der Waals surface area contributed by atoms with Crippen LogP contribution in [0.15, 0.2) is 30.6 Å². The molecule has 32 heavy (non-hydrogen) atoms. The van der Waals surface area contributed by atoms with Crippen LogP contribution in [0.5, 0.6) is 5.75 Å². The van der Waals surface area contributed by atoms with E-state index in [9.17, 15) is 4.79 Å². The number of hydrogen-bond donors (Lipinski definition) is 2. The van der Waals surface area contributed by atoms with Crippen molar-refractivity contribution in [2.75, 3.05) is 25.6 Å². The van der Waals surface area contributed by atoms with E-state index in [-0.39, 0.29) is 17.6 Å². The lowest BCUT2D eigenvalue weighted by atomic mass is 9.94. The Balaban J connectivity index is 1.49. The van der Waals surface area contributed by atoms with Gasteiger partial charge in [0.05, 0.1) is 23.0 Å². The fourth-order valence-electron chi connectivity index (χ4n) is 4.25. The summed E-state index contributed by atoms with van der Waals surface area (Å²) in [4.78, 5) is 23.4. The molecule has 4 rings (SSSR count). The quantitative estimate of drug-likeness (QED) is 0.552. The second-order valence-electron chi connectivity index (χ2n) is 8.72. The minimum absolute atomic E-state index is 0.0480. The number of benzene rings is 1. The van der Waals surface area contributed by atoms with Crippen molar-refractivity contribution < 1.29 is 14.3 Å². The van der Waals surface area contributed by atoms with Crippen LogP contribution in [0.2, 0.25) is 0 Å². The van der Waals surface area contributed by atoms with E-state index < -0.39 is 0 Å². The second kappa shape index (κ2) is 9.42. The third-order valence-electron chi connectivity index (χ3n) is 5.84. The molecule has 0 radical (unpaired) electrons. The Kier molecular flexibility index (Phi) is 6.62. The molecule has 170 valence electrons. The van der Waals surface area contributed by atoms with E-state index in [1.165, 1.54) is 11.3 Å². The molecule has 0 spiro atoms. The third kappa shape index (κ3) is 4.86. The number of carbonyl (C=O) groups is 1. The number of anilines is 1. The highest BCUT2D eigenvalue weighted by Gasteiger charge is 2.30. The lowest BCUT2D eigenvalue weighted by Crippen LogP contribution is -2.45. The van der Waals surface area contributed by atoms with E-state index in [1.807, 2.05) is 25.1 Å². The van der Waals surface area contributed by atoms with Gasteiger partial charge in [0.25, 0.3) is 5.91 Å². The molecule has 1 aliphatic heterocycles. The summed E-state index contributed by atoms with van der Waals surface area (Å²) in [5.41, 5.74) is 1.83. The summed E-state index contributed by atoms with van der Waals surface area (Å²) in [6.07, 6.45) is 3.98. The Labute approximate surface area is 192 Å². The van der Waals surface area contributed by atoms with E-state index in [0.717, 1.165) is 52.2 Å². The number of thiophene rings is 1. The van der Waals surface area contributed by atoms with Crippen LogP contribution < -0.4 is 15.4 Å². The number of carbonyl (C=O) groups excluding carboxylic acids is 1. The van der Waals surface area contributed by atoms with Crippen LogP contribution in [0.1, 0.15) is 47.5 Å². The molecule has 1 atom stereocenters. The standard InChI is InChI=1S/C24H30N4O3S/c1-15-19-21(25-11-9-16-7-5-6-8-18(16)30-4)26-14-27-23(19)32-20(15)22(29)28-17-10-12-31-24(2,3)13-17/h5-8,14,17H,9-13H2,1-4H3,(H,28,29)(H,25,26,27). The first-order valence-corrected chi connectivity index (χ1v) is 11.7. The molecular weight excluding hydrogens is 424 g/mol. The maximum atomic E-state index is 13.1. The van der Waals surface area contributed by atoms with Crippen molar-refractivity contribution in [3.8, 4) is 5.75 Å². The van der Waals surface area contributed by atoms with Crippen molar-refractivity contribution in [1.29, 1.82) is 0 Å². The van der Waals surface area contributed by atoms with Gasteiger partial charge in [-0.1, -0.05) is 18.2 Å². The van der Waals surface area contributed by atoms with Gasteiger partial charge in [-0.2, -0.15) is 0 Å². The molecule has 3 heterocycles. The highest BCUT2D eigenvalue weighted by molar-refractivity contribution is 7.20. The van der Waals surface area contributed by atoms with Gasteiger partial charge in [-0.15, -0.1) is 11.3 Å². The Hall–Kier alpha value is -2.71. The van der Waals surface area contributed by atoms with E-state index in [4.69, 9.17) is 9.47 Å². The van der Waals surface area contributed by atoms with Crippen LogP contribution in [0.4, 0.5) is 5.82 Å². The molecule has 0 aliphatic carbocycles. The number of nitrogens with zero attached hydrogens (tertiary/aromatic N) is 2. The van der Waals surface area contributed by atoms with E-state index in [1.54, 1.807) is 13.4 Å². The Morgan fingerprint density at radius 1 is 1.31 bits per heavy atom. The molecule has 1 aliphatic rings. The highest BCUT2D eigenvalue weighted by atomic mass is 32.1. The van der Waals surface area contributed by atoms with Gasteiger partial charge < -0.3 is 20.1 Å². The summed E-state index contributed by atoms with van der Waals surface area (Å²) in [6.45, 7) is 7.45. The van der Waals surface area contributed by atoms with E-state index in [0.29, 0.717) is 18.0 Å². The Morgan fingerprint density at radius 3 is 2.91 bits per heavy atom. The second-order valence-corrected chi connectivity index (χ2v) is 9.72. The van der Waals surface area contributed by atoms with Gasteiger partial charge >= 0.3 is 0 Å². The maximum Gasteiger partial charge on any atom is 0.261 e. The molecule has 8 heteroatoms. The van der Waals surface area contributed by atoms with Crippen LogP contribution in [0, 0.1) is 6.92 Å². The van der Waals surface area contributed by atoms with Crippen LogP contribution in [0.25, 0.3) is 10.2 Å². The number of para-hydroxylation sites is 1. The third-order valence-corrected chi connectivity index (χ3v) is 7.04. The molecule has 1 aromatic carbocycles.